The molecule has 108 valence electrons. The molecule has 0 aliphatic heterocycles. The number of pyridine rings is 1. The van der Waals surface area contributed by atoms with Gasteiger partial charge in [-0.25, -0.2) is 4.68 Å². The van der Waals surface area contributed by atoms with E-state index in [-0.39, 0.29) is 5.78 Å². The maximum Gasteiger partial charge on any atom is 0.163 e. The van der Waals surface area contributed by atoms with Gasteiger partial charge in [-0.05, 0) is 37.1 Å². The molecule has 0 atom stereocenters. The van der Waals surface area contributed by atoms with Gasteiger partial charge in [0.2, 0.25) is 0 Å². The van der Waals surface area contributed by atoms with Gasteiger partial charge in [-0.1, -0.05) is 17.3 Å². The zero-order valence-corrected chi connectivity index (χ0v) is 12.2. The number of benzene rings is 1. The molecule has 0 fully saturated rings. The van der Waals surface area contributed by atoms with Crippen LogP contribution in [0.1, 0.15) is 28.0 Å². The van der Waals surface area contributed by atoms with Crippen LogP contribution in [0.15, 0.2) is 42.7 Å². The topological polar surface area (TPSA) is 60.7 Å². The summed E-state index contributed by atoms with van der Waals surface area (Å²) in [5.41, 5.74) is 5.64. The van der Waals surface area contributed by atoms with Gasteiger partial charge >= 0.3 is 0 Å². The third-order valence-electron chi connectivity index (χ3n) is 4.09. The first-order valence-corrected chi connectivity index (χ1v) is 7.23. The van der Waals surface area contributed by atoms with Gasteiger partial charge in [0.1, 0.15) is 5.69 Å². The fraction of sp³-hybridized carbons (Fsp3) is 0.176. The monoisotopic (exact) mass is 290 g/mol. The molecule has 0 amide bonds. The number of rotatable bonds is 2. The van der Waals surface area contributed by atoms with Gasteiger partial charge in [-0.2, -0.15) is 0 Å². The summed E-state index contributed by atoms with van der Waals surface area (Å²) in [5.74, 6) is 0.234. The Labute approximate surface area is 127 Å². The van der Waals surface area contributed by atoms with Gasteiger partial charge in [0.25, 0.3) is 0 Å². The number of aromatic nitrogens is 4. The second-order valence-electron chi connectivity index (χ2n) is 5.44. The third-order valence-corrected chi connectivity index (χ3v) is 4.09. The first kappa shape index (κ1) is 12.9. The minimum absolute atomic E-state index is 0.234. The highest BCUT2D eigenvalue weighted by molar-refractivity contribution is 6.00. The van der Waals surface area contributed by atoms with Crippen LogP contribution >= 0.6 is 0 Å². The second kappa shape index (κ2) is 4.87. The van der Waals surface area contributed by atoms with Gasteiger partial charge in [0.05, 0.1) is 17.6 Å². The molecule has 1 aromatic carbocycles. The number of fused-ring (bicyclic) bond motifs is 1. The number of hydrogen-bond donors (Lipinski definition) is 0. The highest BCUT2D eigenvalue weighted by atomic mass is 16.1. The molecule has 4 rings (SSSR count). The fourth-order valence-electron chi connectivity index (χ4n) is 2.92. The van der Waals surface area contributed by atoms with Crippen LogP contribution in [0.4, 0.5) is 0 Å². The molecule has 2 heterocycles. The molecule has 1 aliphatic rings. The van der Waals surface area contributed by atoms with Gasteiger partial charge in [-0.15, -0.1) is 5.10 Å². The number of aryl methyl sites for hydroxylation is 1. The summed E-state index contributed by atoms with van der Waals surface area (Å²) < 4.78 is 1.78. The van der Waals surface area contributed by atoms with Crippen molar-refractivity contribution in [3.63, 3.8) is 0 Å². The molecule has 5 nitrogen and oxygen atoms in total. The Balaban J connectivity index is 1.79. The Bertz CT molecular complexity index is 868. The Morgan fingerprint density at radius 1 is 1.18 bits per heavy atom. The second-order valence-corrected chi connectivity index (χ2v) is 5.44. The predicted octanol–water partition coefficient (Wildman–Crippen LogP) is 2.77. The fourth-order valence-corrected chi connectivity index (χ4v) is 2.92. The van der Waals surface area contributed by atoms with Gasteiger partial charge in [0.15, 0.2) is 5.78 Å². The predicted molar refractivity (Wildman–Crippen MR) is 82.0 cm³/mol. The Hall–Kier alpha value is -2.82. The van der Waals surface area contributed by atoms with Crippen molar-refractivity contribution in [1.82, 2.24) is 20.0 Å². The molecule has 1 aliphatic carbocycles. The van der Waals surface area contributed by atoms with E-state index < -0.39 is 0 Å². The third kappa shape index (κ3) is 1.94. The smallest absolute Gasteiger partial charge is 0.163 e. The van der Waals surface area contributed by atoms with E-state index >= 15 is 0 Å². The van der Waals surface area contributed by atoms with Crippen molar-refractivity contribution in [2.75, 3.05) is 0 Å². The lowest BCUT2D eigenvalue weighted by atomic mass is 10.0. The summed E-state index contributed by atoms with van der Waals surface area (Å²) in [6, 6.07) is 9.73. The molecule has 0 N–H and O–H groups in total. The maximum absolute atomic E-state index is 11.7. The first-order valence-electron chi connectivity index (χ1n) is 7.23. The Morgan fingerprint density at radius 3 is 2.91 bits per heavy atom. The lowest BCUT2D eigenvalue weighted by Crippen LogP contribution is -1.99. The molecule has 5 heteroatoms. The van der Waals surface area contributed by atoms with Gasteiger partial charge in [-0.3, -0.25) is 9.78 Å². The Kier molecular flexibility index (Phi) is 2.85. The van der Waals surface area contributed by atoms with E-state index in [2.05, 4.69) is 21.4 Å². The first-order chi connectivity index (χ1) is 10.7. The lowest BCUT2D eigenvalue weighted by molar-refractivity contribution is 0.0994. The molecule has 0 spiro atoms. The van der Waals surface area contributed by atoms with Crippen molar-refractivity contribution in [2.24, 2.45) is 0 Å². The number of ketones is 1. The van der Waals surface area contributed by atoms with E-state index in [0.717, 1.165) is 40.2 Å². The normalized spacial score (nSPS) is 13.4. The molecule has 3 aromatic rings. The van der Waals surface area contributed by atoms with Crippen molar-refractivity contribution in [2.45, 2.75) is 19.8 Å². The Morgan fingerprint density at radius 2 is 2.09 bits per heavy atom. The van der Waals surface area contributed by atoms with E-state index in [1.807, 2.05) is 31.2 Å². The summed E-state index contributed by atoms with van der Waals surface area (Å²) in [7, 11) is 0. The number of hydrogen-bond acceptors (Lipinski definition) is 4. The minimum Gasteiger partial charge on any atom is -0.294 e. The number of Topliss-reactive ketones (excluding diaryl/α,β-unsaturated/α-hetero) is 1. The van der Waals surface area contributed by atoms with E-state index in [4.69, 9.17) is 0 Å². The van der Waals surface area contributed by atoms with Crippen LogP contribution in [0.25, 0.3) is 16.9 Å². The largest absolute Gasteiger partial charge is 0.294 e. The lowest BCUT2D eigenvalue weighted by Gasteiger charge is -2.04. The molecule has 0 unspecified atom stereocenters. The number of carbonyl (C=O) groups excluding carboxylic acids is 1. The van der Waals surface area contributed by atoms with Crippen molar-refractivity contribution < 1.29 is 4.79 Å². The summed E-state index contributed by atoms with van der Waals surface area (Å²) in [6.45, 7) is 1.99. The quantitative estimate of drug-likeness (QED) is 0.728. The van der Waals surface area contributed by atoms with Crippen molar-refractivity contribution in [3.05, 3.63) is 59.5 Å². The number of carbonyl (C=O) groups is 1. The molecule has 0 radical (unpaired) electrons. The van der Waals surface area contributed by atoms with Crippen molar-refractivity contribution in [3.8, 4) is 16.9 Å². The standard InChI is InChI=1S/C17H14N4O/c1-11-17(19-20-21(11)14-3-2-8-18-10-14)13-4-6-15-12(9-13)5-7-16(15)22/h2-4,6,8-10H,5,7H2,1H3. The minimum atomic E-state index is 0.234. The van der Waals surface area contributed by atoms with E-state index in [0.29, 0.717) is 6.42 Å². The molecule has 2 aromatic heterocycles. The summed E-state index contributed by atoms with van der Waals surface area (Å²) in [6.07, 6.45) is 4.92. The molecule has 0 saturated heterocycles. The number of nitrogens with zero attached hydrogens (tertiary/aromatic N) is 4. The molecular weight excluding hydrogens is 276 g/mol. The van der Waals surface area contributed by atoms with E-state index in [9.17, 15) is 4.79 Å². The molecule has 22 heavy (non-hydrogen) atoms. The van der Waals surface area contributed by atoms with Crippen molar-refractivity contribution in [1.29, 1.82) is 0 Å². The van der Waals surface area contributed by atoms with E-state index in [1.54, 1.807) is 17.1 Å². The van der Waals surface area contributed by atoms with E-state index in [1.165, 1.54) is 0 Å². The van der Waals surface area contributed by atoms with Crippen LogP contribution in [-0.4, -0.2) is 25.8 Å². The van der Waals surface area contributed by atoms with Crippen molar-refractivity contribution >= 4 is 5.78 Å². The SMILES string of the molecule is Cc1c(-c2ccc3c(c2)CCC3=O)nnn1-c1cccnc1. The summed E-state index contributed by atoms with van der Waals surface area (Å²) in [4.78, 5) is 15.8. The summed E-state index contributed by atoms with van der Waals surface area (Å²) >= 11 is 0. The van der Waals surface area contributed by atoms with Crippen LogP contribution in [0.5, 0.6) is 0 Å². The van der Waals surface area contributed by atoms with Gasteiger partial charge in [0, 0.05) is 23.7 Å². The zero-order chi connectivity index (χ0) is 15.1. The van der Waals surface area contributed by atoms with Crippen LogP contribution in [0.2, 0.25) is 0 Å². The average Bonchev–Trinajstić information content (AvgIpc) is 3.11. The molecular formula is C17H14N4O. The average molecular weight is 290 g/mol. The van der Waals surface area contributed by atoms with Crippen LogP contribution in [0.3, 0.4) is 0 Å². The highest BCUT2D eigenvalue weighted by Crippen LogP contribution is 2.29. The van der Waals surface area contributed by atoms with Crippen LogP contribution < -0.4 is 0 Å². The molecule has 0 saturated carbocycles. The van der Waals surface area contributed by atoms with Crippen LogP contribution in [0, 0.1) is 6.92 Å². The zero-order valence-electron chi connectivity index (χ0n) is 12.2. The maximum atomic E-state index is 11.7. The summed E-state index contributed by atoms with van der Waals surface area (Å²) in [5, 5.41) is 8.54. The highest BCUT2D eigenvalue weighted by Gasteiger charge is 2.21. The van der Waals surface area contributed by atoms with Gasteiger partial charge < -0.3 is 0 Å². The molecule has 0 bridgehead atoms. The van der Waals surface area contributed by atoms with Crippen LogP contribution in [-0.2, 0) is 6.42 Å².